The third-order valence-corrected chi connectivity index (χ3v) is 5.59. The molecule has 3 rings (SSSR count). The lowest BCUT2D eigenvalue weighted by atomic mass is 10.2. The van der Waals surface area contributed by atoms with Crippen LogP contribution in [0.5, 0.6) is 17.2 Å². The number of hydrogen-bond donors (Lipinski definition) is 2. The Labute approximate surface area is 215 Å². The summed E-state index contributed by atoms with van der Waals surface area (Å²) in [6.45, 7) is -0.235. The summed E-state index contributed by atoms with van der Waals surface area (Å²) in [6, 6.07) is 17.1. The number of rotatable bonds is 9. The van der Waals surface area contributed by atoms with E-state index in [1.807, 2.05) is 0 Å². The number of para-hydroxylation sites is 1. The lowest BCUT2D eigenvalue weighted by Crippen LogP contribution is -2.21. The molecule has 0 bridgehead atoms. The number of hydrazone groups is 1. The van der Waals surface area contributed by atoms with Crippen LogP contribution < -0.4 is 25.0 Å². The Morgan fingerprint density at radius 2 is 1.85 bits per heavy atom. The van der Waals surface area contributed by atoms with Crippen molar-refractivity contribution < 1.29 is 23.8 Å². The van der Waals surface area contributed by atoms with Gasteiger partial charge in [0.2, 0.25) is 0 Å². The maximum Gasteiger partial charge on any atom is 0.271 e. The van der Waals surface area contributed by atoms with Gasteiger partial charge in [-0.2, -0.15) is 5.10 Å². The molecule has 0 saturated carbocycles. The van der Waals surface area contributed by atoms with Crippen molar-refractivity contribution in [3.8, 4) is 17.2 Å². The largest absolute Gasteiger partial charge is 0.497 e. The highest BCUT2D eigenvalue weighted by molar-refractivity contribution is 14.1. The van der Waals surface area contributed by atoms with E-state index in [1.54, 1.807) is 60.7 Å². The van der Waals surface area contributed by atoms with E-state index < -0.39 is 0 Å². The molecular formula is C24H21ClIN3O5. The van der Waals surface area contributed by atoms with Crippen molar-refractivity contribution in [1.29, 1.82) is 0 Å². The van der Waals surface area contributed by atoms with Crippen LogP contribution >= 0.6 is 34.2 Å². The Bertz CT molecular complexity index is 1220. The first-order chi connectivity index (χ1) is 16.4. The zero-order valence-corrected chi connectivity index (χ0v) is 21.2. The predicted octanol–water partition coefficient (Wildman–Crippen LogP) is 4.74. The van der Waals surface area contributed by atoms with Crippen LogP contribution in [-0.4, -0.2) is 38.9 Å². The number of ether oxygens (including phenoxy) is 3. The van der Waals surface area contributed by atoms with Crippen molar-refractivity contribution >= 4 is 57.9 Å². The molecule has 0 atom stereocenters. The molecule has 2 N–H and O–H groups in total. The van der Waals surface area contributed by atoms with Crippen LogP contribution in [0, 0.1) is 3.57 Å². The molecule has 0 heterocycles. The molecule has 0 radical (unpaired) electrons. The minimum absolute atomic E-state index is 0.235. The Morgan fingerprint density at radius 3 is 2.59 bits per heavy atom. The fourth-order valence-electron chi connectivity index (χ4n) is 2.84. The Morgan fingerprint density at radius 1 is 1.06 bits per heavy atom. The molecule has 0 saturated heterocycles. The average molecular weight is 594 g/mol. The van der Waals surface area contributed by atoms with Gasteiger partial charge < -0.3 is 19.5 Å². The summed E-state index contributed by atoms with van der Waals surface area (Å²) in [7, 11) is 3.02. The molecule has 0 unspecified atom stereocenters. The lowest BCUT2D eigenvalue weighted by Gasteiger charge is -2.14. The van der Waals surface area contributed by atoms with E-state index in [1.165, 1.54) is 20.4 Å². The first kappa shape index (κ1) is 25.3. The summed E-state index contributed by atoms with van der Waals surface area (Å²) in [5, 5.41) is 7.14. The number of carbonyl (C=O) groups excluding carboxylic acids is 2. The van der Waals surface area contributed by atoms with E-state index in [4.69, 9.17) is 25.8 Å². The van der Waals surface area contributed by atoms with Crippen LogP contribution in [0.2, 0.25) is 5.02 Å². The van der Waals surface area contributed by atoms with Crippen LogP contribution in [0.3, 0.4) is 0 Å². The summed E-state index contributed by atoms with van der Waals surface area (Å²) < 4.78 is 16.9. The molecule has 0 spiro atoms. The Balaban J connectivity index is 1.64. The van der Waals surface area contributed by atoms with Crippen molar-refractivity contribution in [3.63, 3.8) is 0 Å². The first-order valence-corrected chi connectivity index (χ1v) is 11.4. The van der Waals surface area contributed by atoms with Gasteiger partial charge in [0, 0.05) is 5.56 Å². The van der Waals surface area contributed by atoms with Gasteiger partial charge in [-0.25, -0.2) is 5.43 Å². The summed E-state index contributed by atoms with van der Waals surface area (Å²) in [6.07, 6.45) is 1.48. The van der Waals surface area contributed by atoms with Crippen molar-refractivity contribution in [1.82, 2.24) is 5.43 Å². The smallest absolute Gasteiger partial charge is 0.271 e. The van der Waals surface area contributed by atoms with Crippen LogP contribution in [0.25, 0.3) is 0 Å². The molecule has 0 aliphatic heterocycles. The molecule has 10 heteroatoms. The zero-order chi connectivity index (χ0) is 24.5. The quantitative estimate of drug-likeness (QED) is 0.212. The molecule has 8 nitrogen and oxygen atoms in total. The second kappa shape index (κ2) is 12.2. The number of halogens is 2. The minimum Gasteiger partial charge on any atom is -0.497 e. The molecule has 3 aromatic rings. The molecule has 2 amide bonds. The van der Waals surface area contributed by atoms with E-state index in [2.05, 4.69) is 38.4 Å². The average Bonchev–Trinajstić information content (AvgIpc) is 2.84. The molecule has 0 aromatic heterocycles. The normalized spacial score (nSPS) is 10.6. The van der Waals surface area contributed by atoms with Crippen molar-refractivity contribution in [2.75, 3.05) is 26.1 Å². The monoisotopic (exact) mass is 593 g/mol. The van der Waals surface area contributed by atoms with Gasteiger partial charge in [-0.1, -0.05) is 29.8 Å². The SMILES string of the molecule is COc1cccc(C(=O)N/N=C/c2cc(I)c(OCC(=O)Nc3ccccc3Cl)c(OC)c2)c1. The number of amides is 2. The fourth-order valence-corrected chi connectivity index (χ4v) is 3.80. The van der Waals surface area contributed by atoms with Crippen molar-refractivity contribution in [2.24, 2.45) is 5.10 Å². The van der Waals surface area contributed by atoms with Gasteiger partial charge >= 0.3 is 0 Å². The number of anilines is 1. The molecule has 176 valence electrons. The maximum atomic E-state index is 12.3. The van der Waals surface area contributed by atoms with Gasteiger partial charge in [0.1, 0.15) is 5.75 Å². The second-order valence-corrected chi connectivity index (χ2v) is 8.35. The predicted molar refractivity (Wildman–Crippen MR) is 139 cm³/mol. The van der Waals surface area contributed by atoms with E-state index in [-0.39, 0.29) is 18.4 Å². The zero-order valence-electron chi connectivity index (χ0n) is 18.3. The molecule has 34 heavy (non-hydrogen) atoms. The van der Waals surface area contributed by atoms with Gasteiger partial charge in [0.05, 0.1) is 34.7 Å². The standard InChI is InChI=1S/C24H21ClIN3O5/c1-32-17-7-5-6-16(12-17)24(31)29-27-13-15-10-19(26)23(21(11-15)33-2)34-14-22(30)28-20-9-4-3-8-18(20)25/h3-13H,14H2,1-2H3,(H,28,30)(H,29,31)/b27-13+. The number of carbonyl (C=O) groups is 2. The van der Waals surface area contributed by atoms with E-state index in [0.29, 0.717) is 42.7 Å². The third-order valence-electron chi connectivity index (χ3n) is 4.46. The van der Waals surface area contributed by atoms with Gasteiger partial charge in [0.25, 0.3) is 11.8 Å². The number of nitrogens with zero attached hydrogens (tertiary/aromatic N) is 1. The third kappa shape index (κ3) is 6.84. The summed E-state index contributed by atoms with van der Waals surface area (Å²) in [4.78, 5) is 24.5. The first-order valence-electron chi connectivity index (χ1n) is 9.93. The highest BCUT2D eigenvalue weighted by Gasteiger charge is 2.14. The Kier molecular flexibility index (Phi) is 9.11. The highest BCUT2D eigenvalue weighted by atomic mass is 127. The molecular weight excluding hydrogens is 573 g/mol. The van der Waals surface area contributed by atoms with E-state index in [0.717, 1.165) is 0 Å². The van der Waals surface area contributed by atoms with Gasteiger partial charge in [-0.15, -0.1) is 0 Å². The number of benzene rings is 3. The highest BCUT2D eigenvalue weighted by Crippen LogP contribution is 2.33. The van der Waals surface area contributed by atoms with Crippen LogP contribution in [0.1, 0.15) is 15.9 Å². The molecule has 0 aliphatic rings. The fraction of sp³-hybridized carbons (Fsp3) is 0.125. The summed E-state index contributed by atoms with van der Waals surface area (Å²) in [5.41, 5.74) is 4.06. The number of nitrogens with one attached hydrogen (secondary N) is 2. The van der Waals surface area contributed by atoms with Crippen LogP contribution in [0.15, 0.2) is 65.8 Å². The van der Waals surface area contributed by atoms with E-state index >= 15 is 0 Å². The number of hydrogen-bond acceptors (Lipinski definition) is 6. The summed E-state index contributed by atoms with van der Waals surface area (Å²) in [5.74, 6) is 0.665. The van der Waals surface area contributed by atoms with Gasteiger partial charge in [-0.3, -0.25) is 9.59 Å². The van der Waals surface area contributed by atoms with Crippen molar-refractivity contribution in [3.05, 3.63) is 80.4 Å². The van der Waals surface area contributed by atoms with E-state index in [9.17, 15) is 9.59 Å². The topological polar surface area (TPSA) is 98.3 Å². The molecule has 3 aromatic carbocycles. The summed E-state index contributed by atoms with van der Waals surface area (Å²) >= 11 is 8.14. The molecule has 0 fully saturated rings. The van der Waals surface area contributed by atoms with Gasteiger partial charge in [-0.05, 0) is 70.6 Å². The number of methoxy groups -OCH3 is 2. The maximum absolute atomic E-state index is 12.3. The second-order valence-electron chi connectivity index (χ2n) is 6.78. The molecule has 0 aliphatic carbocycles. The van der Waals surface area contributed by atoms with Crippen LogP contribution in [0.4, 0.5) is 5.69 Å². The minimum atomic E-state index is -0.374. The van der Waals surface area contributed by atoms with Crippen LogP contribution in [-0.2, 0) is 4.79 Å². The lowest BCUT2D eigenvalue weighted by molar-refractivity contribution is -0.118. The van der Waals surface area contributed by atoms with Crippen molar-refractivity contribution in [2.45, 2.75) is 0 Å². The Hall–Kier alpha value is -3.31. The van der Waals surface area contributed by atoms with Gasteiger partial charge in [0.15, 0.2) is 18.1 Å².